The molecule has 8 nitrogen and oxygen atoms in total. The summed E-state index contributed by atoms with van der Waals surface area (Å²) in [5, 5.41) is 20.0. The lowest BCUT2D eigenvalue weighted by Crippen LogP contribution is -2.59. The number of aliphatic hydroxyl groups is 1. The Hall–Kier alpha value is -2.61. The first-order valence-electron chi connectivity index (χ1n) is 12.9. The second kappa shape index (κ2) is 13.6. The summed E-state index contributed by atoms with van der Waals surface area (Å²) in [6.07, 6.45) is 0.142. The minimum atomic E-state index is -1.02. The molecule has 4 N–H and O–H groups in total. The molecule has 3 unspecified atom stereocenters. The van der Waals surface area contributed by atoms with Gasteiger partial charge in [-0.05, 0) is 50.5 Å². The molecule has 0 aliphatic heterocycles. The normalized spacial score (nSPS) is 14.5. The first kappa shape index (κ1) is 31.4. The van der Waals surface area contributed by atoms with Crippen molar-refractivity contribution in [2.24, 2.45) is 11.3 Å². The number of hydrogen-bond donors (Lipinski definition) is 4. The summed E-state index contributed by atoms with van der Waals surface area (Å²) in [4.78, 5) is 39.8. The molecule has 8 heteroatoms. The highest BCUT2D eigenvalue weighted by Crippen LogP contribution is 2.20. The lowest BCUT2D eigenvalue weighted by atomic mass is 9.85. The van der Waals surface area contributed by atoms with Gasteiger partial charge in [-0.15, -0.1) is 0 Å². The number of nitrogens with zero attached hydrogens (tertiary/aromatic N) is 1. The fourth-order valence-corrected chi connectivity index (χ4v) is 3.74. The molecule has 0 spiro atoms. The van der Waals surface area contributed by atoms with Gasteiger partial charge < -0.3 is 26.0 Å². The molecular weight excluding hydrogens is 456 g/mol. The monoisotopic (exact) mass is 504 g/mol. The molecule has 3 atom stereocenters. The summed E-state index contributed by atoms with van der Waals surface area (Å²) >= 11 is 0. The fourth-order valence-electron chi connectivity index (χ4n) is 3.74. The molecule has 0 bridgehead atoms. The third-order valence-electron chi connectivity index (χ3n) is 5.72. The number of carbonyl (C=O) groups is 3. The maximum atomic E-state index is 13.3. The van der Waals surface area contributed by atoms with Gasteiger partial charge in [0.25, 0.3) is 0 Å². The van der Waals surface area contributed by atoms with Crippen LogP contribution in [0.2, 0.25) is 0 Å². The molecule has 1 aromatic rings. The molecule has 0 heterocycles. The molecule has 0 saturated carbocycles. The average Bonchev–Trinajstić information content (AvgIpc) is 2.72. The topological polar surface area (TPSA) is 111 Å². The Labute approximate surface area is 217 Å². The molecule has 0 aromatic heterocycles. The van der Waals surface area contributed by atoms with Crippen LogP contribution in [0.5, 0.6) is 0 Å². The maximum Gasteiger partial charge on any atom is 0.317 e. The Morgan fingerprint density at radius 2 is 1.56 bits per heavy atom. The van der Waals surface area contributed by atoms with Crippen molar-refractivity contribution < 1.29 is 19.5 Å². The van der Waals surface area contributed by atoms with E-state index >= 15 is 0 Å². The van der Waals surface area contributed by atoms with E-state index in [1.165, 1.54) is 6.92 Å². The zero-order valence-corrected chi connectivity index (χ0v) is 23.6. The number of rotatable bonds is 11. The Morgan fingerprint density at radius 3 is 2.03 bits per heavy atom. The van der Waals surface area contributed by atoms with Crippen molar-refractivity contribution in [2.45, 2.75) is 98.9 Å². The molecule has 1 rings (SSSR count). The van der Waals surface area contributed by atoms with Gasteiger partial charge >= 0.3 is 6.03 Å². The van der Waals surface area contributed by atoms with Gasteiger partial charge in [-0.2, -0.15) is 0 Å². The van der Waals surface area contributed by atoms with E-state index in [0.717, 1.165) is 12.0 Å². The zero-order chi connectivity index (χ0) is 27.7. The van der Waals surface area contributed by atoms with Crippen LogP contribution < -0.4 is 16.0 Å². The van der Waals surface area contributed by atoms with Gasteiger partial charge in [0.05, 0.1) is 18.7 Å². The highest BCUT2D eigenvalue weighted by molar-refractivity contribution is 5.87. The molecule has 0 fully saturated rings. The predicted octanol–water partition coefficient (Wildman–Crippen LogP) is 3.48. The van der Waals surface area contributed by atoms with Crippen molar-refractivity contribution >= 4 is 17.8 Å². The molecular formula is C28H48N4O4. The van der Waals surface area contributed by atoms with Crippen molar-refractivity contribution in [3.63, 3.8) is 0 Å². The summed E-state index contributed by atoms with van der Waals surface area (Å²) in [5.74, 6) is -0.286. The standard InChI is InChI=1S/C28H48N4O4/c1-19(2)15-16-32(26(36)31-28(7,8)9)18-23(34)22(17-21-13-11-10-12-14-21)30-25(35)24(27(4,5)6)29-20(3)33/h10-14,19,22-24,34H,15-18H2,1-9H3,(H,29,33)(H,30,35)(H,31,36). The van der Waals surface area contributed by atoms with Crippen molar-refractivity contribution in [3.8, 4) is 0 Å². The molecule has 1 aromatic carbocycles. The van der Waals surface area contributed by atoms with Crippen LogP contribution in [0, 0.1) is 11.3 Å². The molecule has 36 heavy (non-hydrogen) atoms. The van der Waals surface area contributed by atoms with E-state index in [2.05, 4.69) is 29.8 Å². The molecule has 0 radical (unpaired) electrons. The number of amides is 4. The molecule has 4 amide bonds. The van der Waals surface area contributed by atoms with Gasteiger partial charge in [-0.25, -0.2) is 4.79 Å². The molecule has 204 valence electrons. The van der Waals surface area contributed by atoms with Gasteiger partial charge in [-0.1, -0.05) is 65.0 Å². The van der Waals surface area contributed by atoms with Gasteiger partial charge in [0.15, 0.2) is 0 Å². The third kappa shape index (κ3) is 11.9. The van der Waals surface area contributed by atoms with Crippen LogP contribution >= 0.6 is 0 Å². The summed E-state index contributed by atoms with van der Waals surface area (Å²) in [6, 6.07) is 7.89. The third-order valence-corrected chi connectivity index (χ3v) is 5.72. The lowest BCUT2D eigenvalue weighted by molar-refractivity contribution is -0.131. The number of benzene rings is 1. The van der Waals surface area contributed by atoms with Gasteiger partial charge in [0.2, 0.25) is 11.8 Å². The van der Waals surface area contributed by atoms with Crippen molar-refractivity contribution in [2.75, 3.05) is 13.1 Å². The Morgan fingerprint density at radius 1 is 0.972 bits per heavy atom. The Bertz CT molecular complexity index is 843. The minimum absolute atomic E-state index is 0.0622. The second-order valence-electron chi connectivity index (χ2n) is 12.2. The highest BCUT2D eigenvalue weighted by Gasteiger charge is 2.35. The Kier molecular flexibility index (Phi) is 11.9. The van der Waals surface area contributed by atoms with E-state index in [0.29, 0.717) is 18.9 Å². The van der Waals surface area contributed by atoms with Crippen molar-refractivity contribution in [3.05, 3.63) is 35.9 Å². The summed E-state index contributed by atoms with van der Waals surface area (Å²) in [5.41, 5.74) is -0.0105. The van der Waals surface area contributed by atoms with Gasteiger partial charge in [0, 0.05) is 19.0 Å². The van der Waals surface area contributed by atoms with Crippen LogP contribution in [-0.4, -0.2) is 64.7 Å². The van der Waals surface area contributed by atoms with Crippen LogP contribution in [0.15, 0.2) is 30.3 Å². The van der Waals surface area contributed by atoms with E-state index in [9.17, 15) is 19.5 Å². The van der Waals surface area contributed by atoms with Crippen molar-refractivity contribution in [1.29, 1.82) is 0 Å². The fraction of sp³-hybridized carbons (Fsp3) is 0.679. The summed E-state index contributed by atoms with van der Waals surface area (Å²) in [6.45, 7) is 17.5. The van der Waals surface area contributed by atoms with E-state index in [1.807, 2.05) is 71.9 Å². The first-order chi connectivity index (χ1) is 16.5. The zero-order valence-electron chi connectivity index (χ0n) is 23.6. The van der Waals surface area contributed by atoms with Gasteiger partial charge in [0.1, 0.15) is 6.04 Å². The highest BCUT2D eigenvalue weighted by atomic mass is 16.3. The van der Waals surface area contributed by atoms with Crippen LogP contribution in [0.25, 0.3) is 0 Å². The molecule has 0 saturated heterocycles. The number of urea groups is 1. The molecule has 0 aliphatic rings. The number of aliphatic hydroxyl groups excluding tert-OH is 1. The molecule has 0 aliphatic carbocycles. The van der Waals surface area contributed by atoms with Crippen LogP contribution in [-0.2, 0) is 16.0 Å². The number of nitrogens with one attached hydrogen (secondary N) is 3. The van der Waals surface area contributed by atoms with E-state index in [-0.39, 0.29) is 24.4 Å². The predicted molar refractivity (Wildman–Crippen MR) is 144 cm³/mol. The number of hydrogen-bond acceptors (Lipinski definition) is 4. The quantitative estimate of drug-likeness (QED) is 0.370. The summed E-state index contributed by atoms with van der Waals surface area (Å²) in [7, 11) is 0. The average molecular weight is 505 g/mol. The van der Waals surface area contributed by atoms with E-state index < -0.39 is 29.1 Å². The maximum absolute atomic E-state index is 13.3. The van der Waals surface area contributed by atoms with Crippen LogP contribution in [0.1, 0.15) is 74.3 Å². The SMILES string of the molecule is CC(=O)NC(C(=O)NC(Cc1ccccc1)C(O)CN(CCC(C)C)C(=O)NC(C)(C)C)C(C)(C)C. The van der Waals surface area contributed by atoms with Crippen LogP contribution in [0.4, 0.5) is 4.79 Å². The Balaban J connectivity index is 3.20. The minimum Gasteiger partial charge on any atom is -0.389 e. The summed E-state index contributed by atoms with van der Waals surface area (Å²) < 4.78 is 0. The van der Waals surface area contributed by atoms with Crippen molar-refractivity contribution in [1.82, 2.24) is 20.9 Å². The van der Waals surface area contributed by atoms with Crippen LogP contribution in [0.3, 0.4) is 0 Å². The van der Waals surface area contributed by atoms with E-state index in [4.69, 9.17) is 0 Å². The lowest BCUT2D eigenvalue weighted by Gasteiger charge is -2.35. The van der Waals surface area contributed by atoms with Gasteiger partial charge in [-0.3, -0.25) is 9.59 Å². The van der Waals surface area contributed by atoms with E-state index in [1.54, 1.807) is 4.90 Å². The second-order valence-corrected chi connectivity index (χ2v) is 12.2. The number of carbonyl (C=O) groups excluding carboxylic acids is 3. The largest absolute Gasteiger partial charge is 0.389 e. The first-order valence-corrected chi connectivity index (χ1v) is 12.9. The smallest absolute Gasteiger partial charge is 0.317 e.